The van der Waals surface area contributed by atoms with Crippen LogP contribution < -0.4 is 0 Å². The van der Waals surface area contributed by atoms with Crippen LogP contribution >= 0.6 is 0 Å². The Labute approximate surface area is 82.4 Å². The number of amidine groups is 1. The molecule has 0 radical (unpaired) electrons. The number of rotatable bonds is 1. The van der Waals surface area contributed by atoms with Crippen LogP contribution in [0.3, 0.4) is 0 Å². The van der Waals surface area contributed by atoms with Crippen LogP contribution in [0, 0.1) is 13.8 Å². The van der Waals surface area contributed by atoms with Crippen LogP contribution in [0.15, 0.2) is 15.2 Å². The van der Waals surface area contributed by atoms with Crippen LogP contribution in [0.2, 0.25) is 0 Å². The topological polar surface area (TPSA) is 65.8 Å². The number of aromatic nitrogens is 2. The van der Waals surface area contributed by atoms with Gasteiger partial charge in [-0.25, -0.2) is 4.99 Å². The molecular formula is C9H13N5. The van der Waals surface area contributed by atoms with Crippen LogP contribution in [-0.4, -0.2) is 16.0 Å². The number of hydrogen-bond donors (Lipinski definition) is 1. The molecule has 1 unspecified atom stereocenters. The van der Waals surface area contributed by atoms with E-state index in [9.17, 15) is 0 Å². The molecule has 0 amide bonds. The molecule has 0 fully saturated rings. The standard InChI is InChI=1S/C9H13N5/c1-5-8(6(2)12-11-5)9(4)10-7(3)13-14-9/h1-4H3,(H,11,12). The molecule has 1 aromatic heterocycles. The van der Waals surface area contributed by atoms with Crippen LogP contribution in [-0.2, 0) is 5.66 Å². The van der Waals surface area contributed by atoms with Crippen molar-refractivity contribution in [3.8, 4) is 0 Å². The van der Waals surface area contributed by atoms with Crippen LogP contribution in [0.25, 0.3) is 0 Å². The van der Waals surface area contributed by atoms with Gasteiger partial charge in [0.15, 0.2) is 5.66 Å². The molecule has 2 rings (SSSR count). The van der Waals surface area contributed by atoms with Gasteiger partial charge >= 0.3 is 0 Å². The molecule has 0 spiro atoms. The van der Waals surface area contributed by atoms with E-state index in [0.29, 0.717) is 5.84 Å². The molecule has 0 aromatic carbocycles. The summed E-state index contributed by atoms with van der Waals surface area (Å²) in [6.07, 6.45) is 0. The highest BCUT2D eigenvalue weighted by molar-refractivity contribution is 5.81. The van der Waals surface area contributed by atoms with Crippen molar-refractivity contribution in [3.05, 3.63) is 17.0 Å². The van der Waals surface area contributed by atoms with Crippen molar-refractivity contribution in [1.29, 1.82) is 0 Å². The Morgan fingerprint density at radius 1 is 1.21 bits per heavy atom. The van der Waals surface area contributed by atoms with Gasteiger partial charge in [-0.15, -0.1) is 5.11 Å². The molecule has 0 bridgehead atoms. The summed E-state index contributed by atoms with van der Waals surface area (Å²) in [6, 6.07) is 0. The van der Waals surface area contributed by atoms with Gasteiger partial charge in [0, 0.05) is 11.3 Å². The summed E-state index contributed by atoms with van der Waals surface area (Å²) in [4.78, 5) is 4.41. The van der Waals surface area contributed by atoms with E-state index in [4.69, 9.17) is 0 Å². The van der Waals surface area contributed by atoms with Crippen LogP contribution in [0.4, 0.5) is 0 Å². The predicted octanol–water partition coefficient (Wildman–Crippen LogP) is 2.08. The lowest BCUT2D eigenvalue weighted by Gasteiger charge is -2.15. The predicted molar refractivity (Wildman–Crippen MR) is 53.4 cm³/mol. The van der Waals surface area contributed by atoms with Crippen molar-refractivity contribution in [3.63, 3.8) is 0 Å². The lowest BCUT2D eigenvalue weighted by Crippen LogP contribution is -2.15. The molecule has 1 aromatic rings. The number of H-pyrrole nitrogens is 1. The molecule has 5 heteroatoms. The minimum absolute atomic E-state index is 0.578. The highest BCUT2D eigenvalue weighted by Crippen LogP contribution is 2.34. The summed E-state index contributed by atoms with van der Waals surface area (Å²) < 4.78 is 0. The summed E-state index contributed by atoms with van der Waals surface area (Å²) in [5.74, 6) is 0.715. The van der Waals surface area contributed by atoms with E-state index in [0.717, 1.165) is 17.0 Å². The molecule has 1 aliphatic heterocycles. The number of aryl methyl sites for hydroxylation is 2. The second-order valence-electron chi connectivity index (χ2n) is 3.69. The van der Waals surface area contributed by atoms with Crippen LogP contribution in [0.5, 0.6) is 0 Å². The van der Waals surface area contributed by atoms with Gasteiger partial charge in [0.1, 0.15) is 5.84 Å². The Bertz CT molecular complexity index is 409. The molecule has 14 heavy (non-hydrogen) atoms. The molecule has 1 atom stereocenters. The molecular weight excluding hydrogens is 178 g/mol. The van der Waals surface area contributed by atoms with E-state index in [1.165, 1.54) is 0 Å². The Balaban J connectivity index is 2.56. The maximum absolute atomic E-state index is 4.41. The van der Waals surface area contributed by atoms with E-state index in [2.05, 4.69) is 25.4 Å². The molecule has 0 aliphatic carbocycles. The third-order valence-corrected chi connectivity index (χ3v) is 2.37. The largest absolute Gasteiger partial charge is 0.282 e. The van der Waals surface area contributed by atoms with Crippen molar-refractivity contribution < 1.29 is 0 Å². The van der Waals surface area contributed by atoms with Gasteiger partial charge in [-0.2, -0.15) is 10.2 Å². The van der Waals surface area contributed by atoms with Gasteiger partial charge in [-0.3, -0.25) is 5.10 Å². The first-order valence-electron chi connectivity index (χ1n) is 4.54. The normalized spacial score (nSPS) is 25.6. The van der Waals surface area contributed by atoms with Crippen molar-refractivity contribution in [2.75, 3.05) is 0 Å². The van der Waals surface area contributed by atoms with Gasteiger partial charge in [0.25, 0.3) is 0 Å². The summed E-state index contributed by atoms with van der Waals surface area (Å²) in [5.41, 5.74) is 2.38. The Hall–Kier alpha value is -1.52. The number of azo groups is 1. The first-order chi connectivity index (χ1) is 6.53. The first kappa shape index (κ1) is 9.05. The van der Waals surface area contributed by atoms with Crippen molar-refractivity contribution in [1.82, 2.24) is 10.2 Å². The third kappa shape index (κ3) is 1.16. The van der Waals surface area contributed by atoms with Gasteiger partial charge in [-0.1, -0.05) is 0 Å². The molecule has 1 aliphatic rings. The fourth-order valence-corrected chi connectivity index (χ4v) is 1.88. The summed E-state index contributed by atoms with van der Waals surface area (Å²) in [5, 5.41) is 15.2. The van der Waals surface area contributed by atoms with Gasteiger partial charge in [0.05, 0.1) is 5.69 Å². The van der Waals surface area contributed by atoms with Crippen molar-refractivity contribution >= 4 is 5.84 Å². The minimum atomic E-state index is -0.578. The first-order valence-corrected chi connectivity index (χ1v) is 4.54. The molecule has 0 saturated carbocycles. The zero-order valence-electron chi connectivity index (χ0n) is 8.79. The van der Waals surface area contributed by atoms with Crippen LogP contribution in [0.1, 0.15) is 30.8 Å². The number of aromatic amines is 1. The lowest BCUT2D eigenvalue weighted by atomic mass is 10.0. The molecule has 74 valence electrons. The lowest BCUT2D eigenvalue weighted by molar-refractivity contribution is 0.519. The summed E-state index contributed by atoms with van der Waals surface area (Å²) in [6.45, 7) is 7.71. The van der Waals surface area contributed by atoms with Crippen molar-refractivity contribution in [2.45, 2.75) is 33.4 Å². The number of hydrogen-bond acceptors (Lipinski definition) is 4. The SMILES string of the molecule is CC1=NC(C)(c2c(C)n[nH]c2C)N=N1. The highest BCUT2D eigenvalue weighted by Gasteiger charge is 2.34. The average molecular weight is 191 g/mol. The quantitative estimate of drug-likeness (QED) is 0.725. The third-order valence-electron chi connectivity index (χ3n) is 2.37. The van der Waals surface area contributed by atoms with E-state index >= 15 is 0 Å². The monoisotopic (exact) mass is 191 g/mol. The Morgan fingerprint density at radius 3 is 2.36 bits per heavy atom. The Morgan fingerprint density at radius 2 is 1.93 bits per heavy atom. The number of nitrogens with one attached hydrogen (secondary N) is 1. The fourth-order valence-electron chi connectivity index (χ4n) is 1.88. The highest BCUT2D eigenvalue weighted by atomic mass is 15.3. The number of aliphatic imine (C=N–C) groups is 1. The minimum Gasteiger partial charge on any atom is -0.282 e. The molecule has 2 heterocycles. The van der Waals surface area contributed by atoms with Gasteiger partial charge < -0.3 is 0 Å². The van der Waals surface area contributed by atoms with E-state index < -0.39 is 5.66 Å². The maximum Gasteiger partial charge on any atom is 0.199 e. The van der Waals surface area contributed by atoms with Crippen molar-refractivity contribution in [2.24, 2.45) is 15.2 Å². The van der Waals surface area contributed by atoms with E-state index in [-0.39, 0.29) is 0 Å². The average Bonchev–Trinajstić information content (AvgIpc) is 2.58. The maximum atomic E-state index is 4.41. The second-order valence-corrected chi connectivity index (χ2v) is 3.69. The smallest absolute Gasteiger partial charge is 0.199 e. The fraction of sp³-hybridized carbons (Fsp3) is 0.556. The van der Waals surface area contributed by atoms with Gasteiger partial charge in [0.2, 0.25) is 0 Å². The zero-order valence-corrected chi connectivity index (χ0v) is 8.79. The molecule has 1 N–H and O–H groups in total. The zero-order chi connectivity index (χ0) is 10.3. The number of nitrogens with zero attached hydrogens (tertiary/aromatic N) is 4. The summed E-state index contributed by atoms with van der Waals surface area (Å²) in [7, 11) is 0. The van der Waals surface area contributed by atoms with Gasteiger partial charge in [-0.05, 0) is 27.7 Å². The van der Waals surface area contributed by atoms with E-state index in [1.54, 1.807) is 0 Å². The summed E-state index contributed by atoms with van der Waals surface area (Å²) >= 11 is 0. The van der Waals surface area contributed by atoms with E-state index in [1.807, 2.05) is 27.7 Å². The Kier molecular flexibility index (Phi) is 1.77. The molecule has 5 nitrogen and oxygen atoms in total. The second kappa shape index (κ2) is 2.73. The molecule has 0 saturated heterocycles.